The molecule has 0 unspecified atom stereocenters. The van der Waals surface area contributed by atoms with E-state index >= 15 is 0 Å². The summed E-state index contributed by atoms with van der Waals surface area (Å²) < 4.78 is 27.3. The summed E-state index contributed by atoms with van der Waals surface area (Å²) in [6, 6.07) is 10.2. The molecule has 0 N–H and O–H groups in total. The topological polar surface area (TPSA) is 80.5 Å². The standard InChI is InChI=1S/C15H12Cl2N2O4S2/c16-13-5-4-12(9-14(13)17)25(22,23)18-6-7-24-15(18)10-2-1-3-11(8-10)19(20)21/h1-5,8-9,15H,6-7H2/t15-/m0/s1. The Hall–Kier alpha value is -1.32. The number of halogens is 2. The molecule has 1 aliphatic rings. The molecule has 0 radical (unpaired) electrons. The average molecular weight is 419 g/mol. The zero-order valence-corrected chi connectivity index (χ0v) is 15.8. The van der Waals surface area contributed by atoms with Gasteiger partial charge in [0.05, 0.1) is 25.2 Å². The number of rotatable bonds is 4. The summed E-state index contributed by atoms with van der Waals surface area (Å²) in [5.74, 6) is 0.591. The van der Waals surface area contributed by atoms with Gasteiger partial charge in [0, 0.05) is 24.4 Å². The van der Waals surface area contributed by atoms with E-state index in [4.69, 9.17) is 23.2 Å². The van der Waals surface area contributed by atoms with Gasteiger partial charge in [-0.05, 0) is 23.8 Å². The molecule has 0 aromatic heterocycles. The fourth-order valence-electron chi connectivity index (χ4n) is 2.53. The van der Waals surface area contributed by atoms with Crippen molar-refractivity contribution in [3.8, 4) is 0 Å². The lowest BCUT2D eigenvalue weighted by molar-refractivity contribution is -0.384. The fourth-order valence-corrected chi connectivity index (χ4v) is 6.15. The molecule has 2 aromatic rings. The van der Waals surface area contributed by atoms with Crippen molar-refractivity contribution in [2.75, 3.05) is 12.3 Å². The Morgan fingerprint density at radius 1 is 1.16 bits per heavy atom. The summed E-state index contributed by atoms with van der Waals surface area (Å²) in [7, 11) is -3.81. The van der Waals surface area contributed by atoms with Crippen molar-refractivity contribution < 1.29 is 13.3 Å². The van der Waals surface area contributed by atoms with Gasteiger partial charge >= 0.3 is 0 Å². The summed E-state index contributed by atoms with van der Waals surface area (Å²) in [5, 5.41) is 10.9. The van der Waals surface area contributed by atoms with Gasteiger partial charge in [0.25, 0.3) is 5.69 Å². The maximum Gasteiger partial charge on any atom is 0.269 e. The first-order valence-electron chi connectivity index (χ1n) is 7.13. The molecular weight excluding hydrogens is 407 g/mol. The lowest BCUT2D eigenvalue weighted by atomic mass is 10.2. The van der Waals surface area contributed by atoms with Crippen LogP contribution in [-0.4, -0.2) is 29.9 Å². The third-order valence-electron chi connectivity index (χ3n) is 3.71. The molecule has 25 heavy (non-hydrogen) atoms. The second-order valence-electron chi connectivity index (χ2n) is 5.27. The van der Waals surface area contributed by atoms with Gasteiger partial charge < -0.3 is 0 Å². The van der Waals surface area contributed by atoms with Crippen LogP contribution < -0.4 is 0 Å². The molecule has 0 saturated carbocycles. The van der Waals surface area contributed by atoms with E-state index in [1.165, 1.54) is 46.4 Å². The maximum absolute atomic E-state index is 13.0. The Labute approximate surface area is 158 Å². The van der Waals surface area contributed by atoms with E-state index in [1.807, 2.05) is 0 Å². The number of thioether (sulfide) groups is 1. The maximum atomic E-state index is 13.0. The minimum absolute atomic E-state index is 0.0415. The minimum Gasteiger partial charge on any atom is -0.258 e. The normalized spacial score (nSPS) is 18.4. The van der Waals surface area contributed by atoms with E-state index in [-0.39, 0.29) is 20.6 Å². The van der Waals surface area contributed by atoms with Gasteiger partial charge in [-0.25, -0.2) is 8.42 Å². The monoisotopic (exact) mass is 418 g/mol. The fraction of sp³-hybridized carbons (Fsp3) is 0.200. The molecule has 1 saturated heterocycles. The molecule has 0 amide bonds. The summed E-state index contributed by atoms with van der Waals surface area (Å²) in [5.41, 5.74) is 0.497. The summed E-state index contributed by atoms with van der Waals surface area (Å²) in [6.45, 7) is 0.306. The van der Waals surface area contributed by atoms with Crippen LogP contribution in [0.3, 0.4) is 0 Å². The summed E-state index contributed by atoms with van der Waals surface area (Å²) in [4.78, 5) is 10.5. The predicted octanol–water partition coefficient (Wildman–Crippen LogP) is 4.34. The lowest BCUT2D eigenvalue weighted by Gasteiger charge is -2.23. The SMILES string of the molecule is O=[N+]([O-])c1cccc([C@@H]2SCCN2S(=O)(=O)c2ccc(Cl)c(Cl)c2)c1. The van der Waals surface area contributed by atoms with E-state index in [1.54, 1.807) is 12.1 Å². The van der Waals surface area contributed by atoms with Crippen molar-refractivity contribution in [1.82, 2.24) is 4.31 Å². The van der Waals surface area contributed by atoms with Crippen molar-refractivity contribution in [2.24, 2.45) is 0 Å². The van der Waals surface area contributed by atoms with E-state index < -0.39 is 20.3 Å². The van der Waals surface area contributed by atoms with E-state index in [9.17, 15) is 18.5 Å². The first kappa shape index (κ1) is 18.5. The zero-order chi connectivity index (χ0) is 18.2. The highest BCUT2D eigenvalue weighted by molar-refractivity contribution is 8.01. The van der Waals surface area contributed by atoms with Gasteiger partial charge in [0.2, 0.25) is 10.0 Å². The Kier molecular flexibility index (Phi) is 5.26. The van der Waals surface area contributed by atoms with Crippen LogP contribution in [0.5, 0.6) is 0 Å². The van der Waals surface area contributed by atoms with Crippen LogP contribution in [0.4, 0.5) is 5.69 Å². The number of nitro groups is 1. The van der Waals surface area contributed by atoms with Crippen molar-refractivity contribution in [3.63, 3.8) is 0 Å². The molecule has 1 aliphatic heterocycles. The highest BCUT2D eigenvalue weighted by atomic mass is 35.5. The van der Waals surface area contributed by atoms with Crippen LogP contribution in [0.25, 0.3) is 0 Å². The van der Waals surface area contributed by atoms with Crippen LogP contribution in [0, 0.1) is 10.1 Å². The third kappa shape index (κ3) is 3.63. The molecule has 132 valence electrons. The van der Waals surface area contributed by atoms with Gasteiger partial charge in [-0.1, -0.05) is 35.3 Å². The summed E-state index contributed by atoms with van der Waals surface area (Å²) in [6.07, 6.45) is 0. The molecule has 0 bridgehead atoms. The molecule has 6 nitrogen and oxygen atoms in total. The molecule has 3 rings (SSSR count). The second-order valence-corrected chi connectivity index (χ2v) is 9.16. The van der Waals surface area contributed by atoms with E-state index in [2.05, 4.69) is 0 Å². The lowest BCUT2D eigenvalue weighted by Crippen LogP contribution is -2.30. The van der Waals surface area contributed by atoms with Crippen LogP contribution in [0.15, 0.2) is 47.4 Å². The number of benzene rings is 2. The number of sulfonamides is 1. The van der Waals surface area contributed by atoms with Crippen LogP contribution in [0.1, 0.15) is 10.9 Å². The van der Waals surface area contributed by atoms with Crippen molar-refractivity contribution >= 4 is 50.7 Å². The molecular formula is C15H12Cl2N2O4S2. The Morgan fingerprint density at radius 3 is 2.60 bits per heavy atom. The van der Waals surface area contributed by atoms with Gasteiger partial charge in [-0.2, -0.15) is 4.31 Å². The van der Waals surface area contributed by atoms with Gasteiger partial charge in [-0.15, -0.1) is 11.8 Å². The van der Waals surface area contributed by atoms with Gasteiger partial charge in [-0.3, -0.25) is 10.1 Å². The predicted molar refractivity (Wildman–Crippen MR) is 98.6 cm³/mol. The molecule has 0 spiro atoms. The van der Waals surface area contributed by atoms with E-state index in [0.29, 0.717) is 17.9 Å². The largest absolute Gasteiger partial charge is 0.269 e. The Morgan fingerprint density at radius 2 is 1.92 bits per heavy atom. The number of hydrogen-bond acceptors (Lipinski definition) is 5. The first-order chi connectivity index (χ1) is 11.8. The molecule has 1 heterocycles. The molecule has 1 atom stereocenters. The molecule has 2 aromatic carbocycles. The molecule has 10 heteroatoms. The number of hydrogen-bond donors (Lipinski definition) is 0. The third-order valence-corrected chi connectivity index (χ3v) is 7.71. The minimum atomic E-state index is -3.81. The van der Waals surface area contributed by atoms with Gasteiger partial charge in [0.1, 0.15) is 0 Å². The highest BCUT2D eigenvalue weighted by Crippen LogP contribution is 2.42. The number of non-ortho nitro benzene ring substituents is 1. The smallest absolute Gasteiger partial charge is 0.258 e. The van der Waals surface area contributed by atoms with Crippen molar-refractivity contribution in [3.05, 3.63) is 68.2 Å². The molecule has 1 fully saturated rings. The number of nitrogens with zero attached hydrogens (tertiary/aromatic N) is 2. The van der Waals surface area contributed by atoms with Crippen LogP contribution in [-0.2, 0) is 10.0 Å². The van der Waals surface area contributed by atoms with Gasteiger partial charge in [0.15, 0.2) is 0 Å². The first-order valence-corrected chi connectivity index (χ1v) is 10.4. The quantitative estimate of drug-likeness (QED) is 0.544. The zero-order valence-electron chi connectivity index (χ0n) is 12.6. The highest BCUT2D eigenvalue weighted by Gasteiger charge is 2.37. The van der Waals surface area contributed by atoms with Crippen LogP contribution >= 0.6 is 35.0 Å². The van der Waals surface area contributed by atoms with Crippen molar-refractivity contribution in [2.45, 2.75) is 10.3 Å². The Bertz CT molecular complexity index is 937. The average Bonchev–Trinajstić information content (AvgIpc) is 3.08. The summed E-state index contributed by atoms with van der Waals surface area (Å²) >= 11 is 13.2. The second kappa shape index (κ2) is 7.13. The van der Waals surface area contributed by atoms with Crippen molar-refractivity contribution in [1.29, 1.82) is 0 Å². The Balaban J connectivity index is 1.99. The molecule has 0 aliphatic carbocycles. The van der Waals surface area contributed by atoms with E-state index in [0.717, 1.165) is 0 Å². The van der Waals surface area contributed by atoms with Crippen LogP contribution in [0.2, 0.25) is 10.0 Å². The number of nitro benzene ring substituents is 1.